The second-order valence-corrected chi connectivity index (χ2v) is 7.63. The molecule has 3 atom stereocenters. The molecule has 3 nitrogen and oxygen atoms in total. The Labute approximate surface area is 122 Å². The number of hydrogen-bond acceptors (Lipinski definition) is 3. The van der Waals surface area contributed by atoms with Crippen LogP contribution in [-0.4, -0.2) is 17.0 Å². The Balaban J connectivity index is 1.91. The fourth-order valence-corrected chi connectivity index (χ4v) is 3.96. The van der Waals surface area contributed by atoms with Gasteiger partial charge in [-0.2, -0.15) is 0 Å². The Morgan fingerprint density at radius 2 is 2.10 bits per heavy atom. The summed E-state index contributed by atoms with van der Waals surface area (Å²) in [5, 5.41) is 3.43. The predicted molar refractivity (Wildman–Crippen MR) is 81.7 cm³/mol. The molecule has 1 aromatic rings. The zero-order chi connectivity index (χ0) is 14.3. The Bertz CT molecular complexity index is 495. The molecule has 0 aliphatic heterocycles. The maximum absolute atomic E-state index is 4.97. The van der Waals surface area contributed by atoms with Gasteiger partial charge in [-0.25, -0.2) is 9.97 Å². The van der Waals surface area contributed by atoms with E-state index in [0.29, 0.717) is 17.4 Å². The zero-order valence-corrected chi connectivity index (χ0v) is 13.2. The van der Waals surface area contributed by atoms with E-state index in [9.17, 15) is 0 Å². The van der Waals surface area contributed by atoms with Crippen molar-refractivity contribution in [2.45, 2.75) is 64.8 Å². The van der Waals surface area contributed by atoms with E-state index in [1.807, 2.05) is 7.05 Å². The minimum Gasteiger partial charge on any atom is -0.313 e. The van der Waals surface area contributed by atoms with Gasteiger partial charge in [0, 0.05) is 29.4 Å². The summed E-state index contributed by atoms with van der Waals surface area (Å²) >= 11 is 0. The molecule has 1 fully saturated rings. The molecule has 1 N–H and O–H groups in total. The summed E-state index contributed by atoms with van der Waals surface area (Å²) in [4.78, 5) is 9.68. The predicted octanol–water partition coefficient (Wildman–Crippen LogP) is 3.61. The molecular formula is C17H27N3. The van der Waals surface area contributed by atoms with Crippen LogP contribution in [-0.2, 0) is 6.42 Å². The molecule has 2 aliphatic carbocycles. The minimum absolute atomic E-state index is 0.329. The molecular weight excluding hydrogens is 246 g/mol. The SMILES string of the molecule is CNC1CC(C)(C)Cc2nc(C3CCC(C)C3)ncc21. The van der Waals surface area contributed by atoms with Gasteiger partial charge >= 0.3 is 0 Å². The van der Waals surface area contributed by atoms with Crippen LogP contribution in [0.15, 0.2) is 6.20 Å². The molecule has 0 saturated heterocycles. The van der Waals surface area contributed by atoms with E-state index in [1.54, 1.807) is 0 Å². The molecule has 0 bridgehead atoms. The summed E-state index contributed by atoms with van der Waals surface area (Å²) < 4.78 is 0. The lowest BCUT2D eigenvalue weighted by Gasteiger charge is -2.36. The first-order valence-corrected chi connectivity index (χ1v) is 8.01. The monoisotopic (exact) mass is 273 g/mol. The molecule has 2 aliphatic rings. The summed E-state index contributed by atoms with van der Waals surface area (Å²) in [5.74, 6) is 2.52. The maximum Gasteiger partial charge on any atom is 0.131 e. The van der Waals surface area contributed by atoms with Crippen molar-refractivity contribution in [3.63, 3.8) is 0 Å². The average molecular weight is 273 g/mol. The Kier molecular flexibility index (Phi) is 3.57. The topological polar surface area (TPSA) is 37.8 Å². The van der Waals surface area contributed by atoms with Crippen LogP contribution in [0.2, 0.25) is 0 Å². The van der Waals surface area contributed by atoms with Crippen LogP contribution in [0.4, 0.5) is 0 Å². The first-order chi connectivity index (χ1) is 9.48. The molecule has 1 heterocycles. The fraction of sp³-hybridized carbons (Fsp3) is 0.765. The molecule has 3 unspecified atom stereocenters. The van der Waals surface area contributed by atoms with E-state index in [4.69, 9.17) is 9.97 Å². The van der Waals surface area contributed by atoms with Gasteiger partial charge in [-0.3, -0.25) is 0 Å². The molecule has 1 saturated carbocycles. The molecule has 3 heteroatoms. The molecule has 0 amide bonds. The summed E-state index contributed by atoms with van der Waals surface area (Å²) in [6.07, 6.45) is 8.20. The lowest BCUT2D eigenvalue weighted by Crippen LogP contribution is -2.33. The van der Waals surface area contributed by atoms with E-state index in [-0.39, 0.29) is 0 Å². The highest BCUT2D eigenvalue weighted by atomic mass is 14.9. The number of nitrogens with zero attached hydrogens (tertiary/aromatic N) is 2. The lowest BCUT2D eigenvalue weighted by atomic mass is 9.74. The first kappa shape index (κ1) is 14.0. The van der Waals surface area contributed by atoms with Crippen LogP contribution >= 0.6 is 0 Å². The van der Waals surface area contributed by atoms with E-state index >= 15 is 0 Å². The van der Waals surface area contributed by atoms with E-state index in [1.165, 1.54) is 36.9 Å². The van der Waals surface area contributed by atoms with E-state index in [2.05, 4.69) is 32.3 Å². The largest absolute Gasteiger partial charge is 0.313 e. The van der Waals surface area contributed by atoms with E-state index < -0.39 is 0 Å². The third-order valence-corrected chi connectivity index (χ3v) is 5.11. The summed E-state index contributed by atoms with van der Waals surface area (Å²) in [5.41, 5.74) is 2.93. The van der Waals surface area contributed by atoms with Crippen molar-refractivity contribution >= 4 is 0 Å². The van der Waals surface area contributed by atoms with Crippen molar-refractivity contribution in [2.75, 3.05) is 7.05 Å². The Hall–Kier alpha value is -0.960. The average Bonchev–Trinajstić information content (AvgIpc) is 2.82. The van der Waals surface area contributed by atoms with Crippen LogP contribution < -0.4 is 5.32 Å². The maximum atomic E-state index is 4.97. The van der Waals surface area contributed by atoms with Gasteiger partial charge in [-0.05, 0) is 50.5 Å². The third kappa shape index (κ3) is 2.60. The van der Waals surface area contributed by atoms with Crippen molar-refractivity contribution < 1.29 is 0 Å². The second-order valence-electron chi connectivity index (χ2n) is 7.63. The second kappa shape index (κ2) is 5.10. The first-order valence-electron chi connectivity index (χ1n) is 8.01. The molecule has 110 valence electrons. The number of hydrogen-bond donors (Lipinski definition) is 1. The molecule has 0 spiro atoms. The van der Waals surface area contributed by atoms with Gasteiger partial charge in [0.25, 0.3) is 0 Å². The van der Waals surface area contributed by atoms with Crippen molar-refractivity contribution in [3.05, 3.63) is 23.3 Å². The van der Waals surface area contributed by atoms with Crippen molar-refractivity contribution in [3.8, 4) is 0 Å². The van der Waals surface area contributed by atoms with Crippen molar-refractivity contribution in [2.24, 2.45) is 11.3 Å². The Morgan fingerprint density at radius 1 is 1.30 bits per heavy atom. The number of aromatic nitrogens is 2. The van der Waals surface area contributed by atoms with Gasteiger partial charge < -0.3 is 5.32 Å². The third-order valence-electron chi connectivity index (χ3n) is 5.11. The van der Waals surface area contributed by atoms with Gasteiger partial charge in [0.2, 0.25) is 0 Å². The molecule has 1 aromatic heterocycles. The standard InChI is InChI=1S/C17H27N3/c1-11-5-6-12(7-11)16-19-10-13-14(18-4)8-17(2,3)9-15(13)20-16/h10-12,14,18H,5-9H2,1-4H3. The van der Waals surface area contributed by atoms with Crippen LogP contribution in [0.3, 0.4) is 0 Å². The number of rotatable bonds is 2. The van der Waals surface area contributed by atoms with Gasteiger partial charge in [0.15, 0.2) is 0 Å². The van der Waals surface area contributed by atoms with Crippen molar-refractivity contribution in [1.82, 2.24) is 15.3 Å². The highest BCUT2D eigenvalue weighted by Crippen LogP contribution is 2.41. The highest BCUT2D eigenvalue weighted by molar-refractivity contribution is 5.27. The fourth-order valence-electron chi connectivity index (χ4n) is 3.96. The summed E-state index contributed by atoms with van der Waals surface area (Å²) in [7, 11) is 2.04. The van der Waals surface area contributed by atoms with Gasteiger partial charge in [-0.15, -0.1) is 0 Å². The van der Waals surface area contributed by atoms with Gasteiger partial charge in [0.1, 0.15) is 5.82 Å². The summed E-state index contributed by atoms with van der Waals surface area (Å²) in [6.45, 7) is 7.04. The summed E-state index contributed by atoms with van der Waals surface area (Å²) in [6, 6.07) is 0.408. The van der Waals surface area contributed by atoms with Crippen molar-refractivity contribution in [1.29, 1.82) is 0 Å². The number of nitrogens with one attached hydrogen (secondary N) is 1. The lowest BCUT2D eigenvalue weighted by molar-refractivity contribution is 0.259. The Morgan fingerprint density at radius 3 is 2.75 bits per heavy atom. The smallest absolute Gasteiger partial charge is 0.131 e. The van der Waals surface area contributed by atoms with Crippen LogP contribution in [0, 0.1) is 11.3 Å². The van der Waals surface area contributed by atoms with Crippen LogP contribution in [0.5, 0.6) is 0 Å². The molecule has 0 radical (unpaired) electrons. The van der Waals surface area contributed by atoms with Crippen LogP contribution in [0.1, 0.15) is 75.5 Å². The number of fused-ring (bicyclic) bond motifs is 1. The van der Waals surface area contributed by atoms with E-state index in [0.717, 1.165) is 18.2 Å². The van der Waals surface area contributed by atoms with Gasteiger partial charge in [0.05, 0.1) is 0 Å². The minimum atomic E-state index is 0.329. The van der Waals surface area contributed by atoms with Crippen LogP contribution in [0.25, 0.3) is 0 Å². The molecule has 20 heavy (non-hydrogen) atoms. The zero-order valence-electron chi connectivity index (χ0n) is 13.2. The normalized spacial score (nSPS) is 32.1. The quantitative estimate of drug-likeness (QED) is 0.894. The molecule has 3 rings (SSSR count). The van der Waals surface area contributed by atoms with Gasteiger partial charge in [-0.1, -0.05) is 20.8 Å². The highest BCUT2D eigenvalue weighted by Gasteiger charge is 2.34. The molecule has 0 aromatic carbocycles.